The third-order valence-corrected chi connectivity index (χ3v) is 7.08. The van der Waals surface area contributed by atoms with Crippen LogP contribution in [0.15, 0.2) is 18.2 Å². The highest BCUT2D eigenvalue weighted by molar-refractivity contribution is 7.91. The van der Waals surface area contributed by atoms with Gasteiger partial charge in [-0.2, -0.15) is 0 Å². The second-order valence-corrected chi connectivity index (χ2v) is 9.30. The quantitative estimate of drug-likeness (QED) is 0.722. The summed E-state index contributed by atoms with van der Waals surface area (Å²) in [6, 6.07) is 4.63. The molecule has 8 nitrogen and oxygen atoms in total. The van der Waals surface area contributed by atoms with E-state index in [2.05, 4.69) is 5.32 Å². The molecule has 0 spiro atoms. The van der Waals surface area contributed by atoms with E-state index in [0.29, 0.717) is 36.4 Å². The average molecular weight is 396 g/mol. The minimum Gasteiger partial charge on any atom is -0.497 e. The number of ether oxygens (including phenoxy) is 2. The highest BCUT2D eigenvalue weighted by Gasteiger charge is 2.58. The standard InChI is InChI=1S/C18H24N2O6S/c1-20(12-6-9-27(23,24)11-12)17(22)18(7-8-18)16(21)19-14-10-13(25-2)4-5-15(14)26-3/h4-5,10,12H,6-9,11H2,1-3H3,(H,19,21). The minimum atomic E-state index is -3.11. The molecule has 1 N–H and O–H groups in total. The Kier molecular flexibility index (Phi) is 5.07. The third kappa shape index (κ3) is 3.73. The van der Waals surface area contributed by atoms with Crippen molar-refractivity contribution in [2.75, 3.05) is 38.1 Å². The molecule has 1 saturated heterocycles. The lowest BCUT2D eigenvalue weighted by atomic mass is 10.0. The van der Waals surface area contributed by atoms with Crippen molar-refractivity contribution in [2.24, 2.45) is 5.41 Å². The lowest BCUT2D eigenvalue weighted by molar-refractivity contribution is -0.142. The predicted octanol–water partition coefficient (Wildman–Crippen LogP) is 1.07. The number of benzene rings is 1. The monoisotopic (exact) mass is 396 g/mol. The number of carbonyl (C=O) groups excluding carboxylic acids is 2. The number of nitrogens with zero attached hydrogens (tertiary/aromatic N) is 1. The van der Waals surface area contributed by atoms with Crippen molar-refractivity contribution < 1.29 is 27.5 Å². The molecule has 1 aromatic carbocycles. The lowest BCUT2D eigenvalue weighted by Crippen LogP contribution is -2.46. The molecule has 0 aromatic heterocycles. The maximum absolute atomic E-state index is 12.9. The predicted molar refractivity (Wildman–Crippen MR) is 99.7 cm³/mol. The van der Waals surface area contributed by atoms with Gasteiger partial charge in [0.2, 0.25) is 11.8 Å². The van der Waals surface area contributed by atoms with Gasteiger partial charge in [-0.15, -0.1) is 0 Å². The summed E-state index contributed by atoms with van der Waals surface area (Å²) in [7, 11) is 1.47. The molecule has 1 heterocycles. The molecule has 1 unspecified atom stereocenters. The van der Waals surface area contributed by atoms with E-state index < -0.39 is 21.2 Å². The Balaban J connectivity index is 1.76. The molecule has 3 rings (SSSR count). The van der Waals surface area contributed by atoms with Gasteiger partial charge in [-0.3, -0.25) is 9.59 Å². The molecule has 1 aliphatic carbocycles. The summed E-state index contributed by atoms with van der Waals surface area (Å²) in [6.45, 7) is 0. The molecule has 1 aliphatic heterocycles. The van der Waals surface area contributed by atoms with Gasteiger partial charge >= 0.3 is 0 Å². The number of anilines is 1. The van der Waals surface area contributed by atoms with Gasteiger partial charge in [0.1, 0.15) is 16.9 Å². The summed E-state index contributed by atoms with van der Waals surface area (Å²) in [4.78, 5) is 27.3. The number of methoxy groups -OCH3 is 2. The van der Waals surface area contributed by atoms with E-state index in [4.69, 9.17) is 9.47 Å². The maximum Gasteiger partial charge on any atom is 0.240 e. The fraction of sp³-hybridized carbons (Fsp3) is 0.556. The average Bonchev–Trinajstić information content (AvgIpc) is 3.38. The molecule has 2 fully saturated rings. The topological polar surface area (TPSA) is 102 Å². The van der Waals surface area contributed by atoms with Crippen LogP contribution in [-0.4, -0.2) is 63.9 Å². The van der Waals surface area contributed by atoms with Crippen molar-refractivity contribution >= 4 is 27.3 Å². The van der Waals surface area contributed by atoms with Crippen LogP contribution in [0.4, 0.5) is 5.69 Å². The highest BCUT2D eigenvalue weighted by Crippen LogP contribution is 2.49. The first kappa shape index (κ1) is 19.5. The van der Waals surface area contributed by atoms with E-state index in [1.807, 2.05) is 0 Å². The Labute approximate surface area is 158 Å². The summed E-state index contributed by atoms with van der Waals surface area (Å²) < 4.78 is 33.8. The largest absolute Gasteiger partial charge is 0.497 e. The van der Waals surface area contributed by atoms with Crippen LogP contribution >= 0.6 is 0 Å². The van der Waals surface area contributed by atoms with Crippen LogP contribution in [0.25, 0.3) is 0 Å². The van der Waals surface area contributed by atoms with Crippen molar-refractivity contribution in [1.82, 2.24) is 4.90 Å². The summed E-state index contributed by atoms with van der Waals surface area (Å²) in [5.41, 5.74) is -0.720. The number of carbonyl (C=O) groups is 2. The summed E-state index contributed by atoms with van der Waals surface area (Å²) >= 11 is 0. The minimum absolute atomic E-state index is 0.0450. The van der Waals surface area contributed by atoms with Gasteiger partial charge in [-0.1, -0.05) is 0 Å². The lowest BCUT2D eigenvalue weighted by Gasteiger charge is -2.27. The fourth-order valence-corrected chi connectivity index (χ4v) is 5.18. The molecule has 1 atom stereocenters. The van der Waals surface area contributed by atoms with E-state index >= 15 is 0 Å². The molecule has 1 saturated carbocycles. The Hall–Kier alpha value is -2.29. The summed E-state index contributed by atoms with van der Waals surface area (Å²) in [5.74, 6) is 0.306. The van der Waals surface area contributed by atoms with Crippen LogP contribution in [0.5, 0.6) is 11.5 Å². The molecule has 0 radical (unpaired) electrons. The van der Waals surface area contributed by atoms with Gasteiger partial charge in [0, 0.05) is 19.2 Å². The van der Waals surface area contributed by atoms with Gasteiger partial charge in [0.25, 0.3) is 0 Å². The Morgan fingerprint density at radius 3 is 2.44 bits per heavy atom. The zero-order valence-electron chi connectivity index (χ0n) is 15.6. The molecule has 9 heteroatoms. The van der Waals surface area contributed by atoms with Crippen molar-refractivity contribution in [3.63, 3.8) is 0 Å². The first-order valence-corrected chi connectivity index (χ1v) is 10.6. The second-order valence-electron chi connectivity index (χ2n) is 7.08. The van der Waals surface area contributed by atoms with Gasteiger partial charge in [-0.25, -0.2) is 8.42 Å². The van der Waals surface area contributed by atoms with Crippen LogP contribution < -0.4 is 14.8 Å². The second kappa shape index (κ2) is 7.03. The Morgan fingerprint density at radius 2 is 1.93 bits per heavy atom. The number of amides is 2. The normalized spacial score (nSPS) is 22.0. The van der Waals surface area contributed by atoms with Gasteiger partial charge in [0.15, 0.2) is 9.84 Å². The number of hydrogen-bond acceptors (Lipinski definition) is 6. The SMILES string of the molecule is COc1ccc(OC)c(NC(=O)C2(C(=O)N(C)C3CCS(=O)(=O)C3)CC2)c1. The molecule has 2 aliphatic rings. The molecular formula is C18H24N2O6S. The highest BCUT2D eigenvalue weighted by atomic mass is 32.2. The molecular weight excluding hydrogens is 372 g/mol. The Morgan fingerprint density at radius 1 is 1.22 bits per heavy atom. The van der Waals surface area contributed by atoms with Crippen molar-refractivity contribution in [3.8, 4) is 11.5 Å². The van der Waals surface area contributed by atoms with E-state index in [0.717, 1.165) is 0 Å². The van der Waals surface area contributed by atoms with Crippen LogP contribution in [0.2, 0.25) is 0 Å². The van der Waals surface area contributed by atoms with Gasteiger partial charge in [0.05, 0.1) is 31.4 Å². The molecule has 2 amide bonds. The van der Waals surface area contributed by atoms with Gasteiger partial charge < -0.3 is 19.7 Å². The van der Waals surface area contributed by atoms with Crippen molar-refractivity contribution in [2.45, 2.75) is 25.3 Å². The van der Waals surface area contributed by atoms with Crippen LogP contribution in [0.3, 0.4) is 0 Å². The molecule has 148 valence electrons. The third-order valence-electron chi connectivity index (χ3n) is 5.33. The van der Waals surface area contributed by atoms with E-state index in [1.165, 1.54) is 19.1 Å². The number of hydrogen-bond donors (Lipinski definition) is 1. The van der Waals surface area contributed by atoms with Crippen LogP contribution in [-0.2, 0) is 19.4 Å². The maximum atomic E-state index is 12.9. The molecule has 27 heavy (non-hydrogen) atoms. The van der Waals surface area contributed by atoms with Crippen LogP contribution in [0.1, 0.15) is 19.3 Å². The zero-order chi connectivity index (χ0) is 19.8. The van der Waals surface area contributed by atoms with E-state index in [-0.39, 0.29) is 23.5 Å². The summed E-state index contributed by atoms with van der Waals surface area (Å²) in [6.07, 6.45) is 1.29. The fourth-order valence-electron chi connectivity index (χ4n) is 3.40. The smallest absolute Gasteiger partial charge is 0.240 e. The molecule has 1 aromatic rings. The Bertz CT molecular complexity index is 863. The van der Waals surface area contributed by atoms with Gasteiger partial charge in [-0.05, 0) is 31.4 Å². The zero-order valence-corrected chi connectivity index (χ0v) is 16.5. The number of rotatable bonds is 6. The van der Waals surface area contributed by atoms with E-state index in [9.17, 15) is 18.0 Å². The number of nitrogens with one attached hydrogen (secondary N) is 1. The first-order valence-electron chi connectivity index (χ1n) is 8.73. The van der Waals surface area contributed by atoms with Crippen molar-refractivity contribution in [1.29, 1.82) is 0 Å². The van der Waals surface area contributed by atoms with E-state index in [1.54, 1.807) is 25.2 Å². The molecule has 0 bridgehead atoms. The number of sulfone groups is 1. The first-order chi connectivity index (χ1) is 12.7. The van der Waals surface area contributed by atoms with Crippen LogP contribution in [0, 0.1) is 5.41 Å². The summed E-state index contributed by atoms with van der Waals surface area (Å²) in [5, 5.41) is 2.77. The van der Waals surface area contributed by atoms with Crippen molar-refractivity contribution in [3.05, 3.63) is 18.2 Å².